The molecule has 1 aromatic carbocycles. The number of benzene rings is 1. The van der Waals surface area contributed by atoms with E-state index in [1.165, 1.54) is 0 Å². The van der Waals surface area contributed by atoms with Crippen molar-refractivity contribution in [3.63, 3.8) is 0 Å². The van der Waals surface area contributed by atoms with Gasteiger partial charge in [0, 0.05) is 35.7 Å². The number of nitrogens with zero attached hydrogens (tertiary/aromatic N) is 2. The Bertz CT molecular complexity index is 675. The highest BCUT2D eigenvalue weighted by atomic mass is 16.2. The van der Waals surface area contributed by atoms with Gasteiger partial charge < -0.3 is 10.6 Å². The van der Waals surface area contributed by atoms with Crippen LogP contribution in [0.15, 0.2) is 36.5 Å². The van der Waals surface area contributed by atoms with E-state index in [2.05, 4.69) is 23.2 Å². The first kappa shape index (κ1) is 11.9. The van der Waals surface area contributed by atoms with Gasteiger partial charge in [-0.25, -0.2) is 0 Å². The molecule has 20 heavy (non-hydrogen) atoms. The Morgan fingerprint density at radius 1 is 1.20 bits per heavy atom. The summed E-state index contributed by atoms with van der Waals surface area (Å²) in [6.45, 7) is 0. The maximum absolute atomic E-state index is 12.2. The number of para-hydroxylation sites is 1. The van der Waals surface area contributed by atoms with Crippen molar-refractivity contribution in [2.45, 2.75) is 37.4 Å². The predicted octanol–water partition coefficient (Wildman–Crippen LogP) is 2.00. The lowest BCUT2D eigenvalue weighted by molar-refractivity contribution is -0.129. The summed E-state index contributed by atoms with van der Waals surface area (Å²) in [5.41, 5.74) is 8.32. The highest BCUT2D eigenvalue weighted by Gasteiger charge is 2.46. The molecule has 2 atom stereocenters. The third-order valence-electron chi connectivity index (χ3n) is 4.33. The fraction of sp³-hybridized carbons (Fsp3) is 0.375. The van der Waals surface area contributed by atoms with E-state index in [1.807, 2.05) is 17.0 Å². The van der Waals surface area contributed by atoms with Crippen LogP contribution in [0.5, 0.6) is 0 Å². The molecule has 1 saturated carbocycles. The SMILES string of the molecule is NC1CC(=O)N(C2CC2)C1c1cccc2cccnc12. The number of pyridine rings is 1. The van der Waals surface area contributed by atoms with Crippen molar-refractivity contribution in [2.75, 3.05) is 0 Å². The van der Waals surface area contributed by atoms with E-state index in [4.69, 9.17) is 5.73 Å². The molecule has 4 rings (SSSR count). The summed E-state index contributed by atoms with van der Waals surface area (Å²) in [6.07, 6.45) is 4.46. The van der Waals surface area contributed by atoms with E-state index in [9.17, 15) is 4.79 Å². The molecular weight excluding hydrogens is 250 g/mol. The fourth-order valence-electron chi connectivity index (χ4n) is 3.31. The monoisotopic (exact) mass is 267 g/mol. The summed E-state index contributed by atoms with van der Waals surface area (Å²) in [7, 11) is 0. The highest BCUT2D eigenvalue weighted by molar-refractivity contribution is 5.86. The fourth-order valence-corrected chi connectivity index (χ4v) is 3.31. The number of hydrogen-bond acceptors (Lipinski definition) is 3. The first-order chi connectivity index (χ1) is 9.75. The Hall–Kier alpha value is -1.94. The molecule has 1 saturated heterocycles. The molecule has 0 spiro atoms. The van der Waals surface area contributed by atoms with Gasteiger partial charge in [-0.15, -0.1) is 0 Å². The lowest BCUT2D eigenvalue weighted by atomic mass is 9.97. The molecule has 2 aliphatic rings. The van der Waals surface area contributed by atoms with Gasteiger partial charge in [-0.2, -0.15) is 0 Å². The van der Waals surface area contributed by atoms with Crippen LogP contribution in [-0.2, 0) is 4.79 Å². The van der Waals surface area contributed by atoms with Crippen LogP contribution in [0, 0.1) is 0 Å². The first-order valence-corrected chi connectivity index (χ1v) is 7.16. The second-order valence-electron chi connectivity index (χ2n) is 5.77. The van der Waals surface area contributed by atoms with Crippen LogP contribution in [0.4, 0.5) is 0 Å². The number of nitrogens with two attached hydrogens (primary N) is 1. The molecule has 2 unspecified atom stereocenters. The second kappa shape index (κ2) is 4.28. The zero-order chi connectivity index (χ0) is 13.7. The molecule has 2 fully saturated rings. The first-order valence-electron chi connectivity index (χ1n) is 7.16. The van der Waals surface area contributed by atoms with Crippen molar-refractivity contribution in [2.24, 2.45) is 5.73 Å². The minimum absolute atomic E-state index is 0.0198. The number of aromatic nitrogens is 1. The average molecular weight is 267 g/mol. The van der Waals surface area contributed by atoms with Crippen LogP contribution in [0.3, 0.4) is 0 Å². The van der Waals surface area contributed by atoms with E-state index < -0.39 is 0 Å². The van der Waals surface area contributed by atoms with Crippen molar-refractivity contribution in [1.82, 2.24) is 9.88 Å². The minimum atomic E-state index is -0.129. The van der Waals surface area contributed by atoms with Crippen LogP contribution >= 0.6 is 0 Å². The van der Waals surface area contributed by atoms with Crippen LogP contribution in [0.2, 0.25) is 0 Å². The van der Waals surface area contributed by atoms with Crippen molar-refractivity contribution >= 4 is 16.8 Å². The predicted molar refractivity (Wildman–Crippen MR) is 76.9 cm³/mol. The van der Waals surface area contributed by atoms with Gasteiger partial charge in [0.1, 0.15) is 0 Å². The number of carbonyl (C=O) groups excluding carboxylic acids is 1. The molecule has 4 nitrogen and oxygen atoms in total. The van der Waals surface area contributed by atoms with Crippen LogP contribution in [0.25, 0.3) is 10.9 Å². The average Bonchev–Trinajstić information content (AvgIpc) is 3.24. The van der Waals surface area contributed by atoms with Gasteiger partial charge in [-0.1, -0.05) is 24.3 Å². The molecule has 1 aliphatic carbocycles. The number of amides is 1. The summed E-state index contributed by atoms with van der Waals surface area (Å²) in [5, 5.41) is 1.10. The number of fused-ring (bicyclic) bond motifs is 1. The number of likely N-dealkylation sites (tertiary alicyclic amines) is 1. The molecular formula is C16H17N3O. The molecule has 4 heteroatoms. The van der Waals surface area contributed by atoms with Crippen LogP contribution < -0.4 is 5.73 Å². The lowest BCUT2D eigenvalue weighted by Gasteiger charge is -2.27. The summed E-state index contributed by atoms with van der Waals surface area (Å²) in [5.74, 6) is 0.193. The van der Waals surface area contributed by atoms with Gasteiger partial charge in [0.15, 0.2) is 0 Å². The van der Waals surface area contributed by atoms with E-state index in [-0.39, 0.29) is 18.0 Å². The Morgan fingerprint density at radius 3 is 2.80 bits per heavy atom. The molecule has 2 N–H and O–H groups in total. The van der Waals surface area contributed by atoms with E-state index in [1.54, 1.807) is 6.20 Å². The Labute approximate surface area is 117 Å². The van der Waals surface area contributed by atoms with Crippen LogP contribution in [0.1, 0.15) is 30.9 Å². The Morgan fingerprint density at radius 2 is 2.00 bits per heavy atom. The molecule has 0 bridgehead atoms. The van der Waals surface area contributed by atoms with Gasteiger partial charge in [0.05, 0.1) is 11.6 Å². The molecule has 1 aromatic heterocycles. The maximum atomic E-state index is 12.2. The van der Waals surface area contributed by atoms with Gasteiger partial charge in [0.2, 0.25) is 5.91 Å². The zero-order valence-electron chi connectivity index (χ0n) is 11.2. The zero-order valence-corrected chi connectivity index (χ0v) is 11.2. The van der Waals surface area contributed by atoms with Gasteiger partial charge in [0.25, 0.3) is 0 Å². The largest absolute Gasteiger partial charge is 0.331 e. The third kappa shape index (κ3) is 1.72. The van der Waals surface area contributed by atoms with E-state index in [0.717, 1.165) is 29.3 Å². The molecule has 102 valence electrons. The van der Waals surface area contributed by atoms with Gasteiger partial charge in [-0.3, -0.25) is 9.78 Å². The second-order valence-corrected chi connectivity index (χ2v) is 5.77. The Kier molecular flexibility index (Phi) is 2.54. The standard InChI is InChI=1S/C16H17N3O/c17-13-9-14(20)19(11-6-7-11)16(13)12-5-1-3-10-4-2-8-18-15(10)12/h1-5,8,11,13,16H,6-7,9,17H2. The normalized spacial score (nSPS) is 26.4. The maximum Gasteiger partial charge on any atom is 0.225 e. The molecule has 1 aliphatic heterocycles. The number of rotatable bonds is 2. The summed E-state index contributed by atoms with van der Waals surface area (Å²) < 4.78 is 0. The van der Waals surface area contributed by atoms with Crippen molar-refractivity contribution in [3.8, 4) is 0 Å². The Balaban J connectivity index is 1.86. The molecule has 0 radical (unpaired) electrons. The van der Waals surface area contributed by atoms with Gasteiger partial charge in [-0.05, 0) is 18.9 Å². The molecule has 2 aromatic rings. The van der Waals surface area contributed by atoms with Crippen molar-refractivity contribution in [1.29, 1.82) is 0 Å². The van der Waals surface area contributed by atoms with E-state index in [0.29, 0.717) is 12.5 Å². The van der Waals surface area contributed by atoms with Gasteiger partial charge >= 0.3 is 0 Å². The van der Waals surface area contributed by atoms with E-state index >= 15 is 0 Å². The summed E-state index contributed by atoms with van der Waals surface area (Å²) >= 11 is 0. The smallest absolute Gasteiger partial charge is 0.225 e. The quantitative estimate of drug-likeness (QED) is 0.905. The number of carbonyl (C=O) groups is 1. The summed E-state index contributed by atoms with van der Waals surface area (Å²) in [4.78, 5) is 18.7. The van der Waals surface area contributed by atoms with Crippen molar-refractivity contribution in [3.05, 3.63) is 42.1 Å². The third-order valence-corrected chi connectivity index (χ3v) is 4.33. The molecule has 1 amide bonds. The topological polar surface area (TPSA) is 59.2 Å². The minimum Gasteiger partial charge on any atom is -0.331 e. The number of hydrogen-bond donors (Lipinski definition) is 1. The highest BCUT2D eigenvalue weighted by Crippen LogP contribution is 2.42. The van der Waals surface area contributed by atoms with Crippen molar-refractivity contribution < 1.29 is 4.79 Å². The lowest BCUT2D eigenvalue weighted by Crippen LogP contribution is -2.34. The molecule has 2 heterocycles. The summed E-state index contributed by atoms with van der Waals surface area (Å²) in [6, 6.07) is 10.4. The van der Waals surface area contributed by atoms with Crippen LogP contribution in [-0.4, -0.2) is 27.9 Å².